The Morgan fingerprint density at radius 1 is 1.25 bits per heavy atom. The molecule has 0 spiro atoms. The van der Waals surface area contributed by atoms with Crippen LogP contribution in [0.1, 0.15) is 16.7 Å². The summed E-state index contributed by atoms with van der Waals surface area (Å²) in [6.07, 6.45) is 0.866. The summed E-state index contributed by atoms with van der Waals surface area (Å²) in [6, 6.07) is 13.2. The van der Waals surface area contributed by atoms with Gasteiger partial charge in [0.2, 0.25) is 0 Å². The number of ether oxygens (including phenoxy) is 1. The zero-order valence-electron chi connectivity index (χ0n) is 11.5. The van der Waals surface area contributed by atoms with E-state index in [9.17, 15) is 4.39 Å². The monoisotopic (exact) mass is 271 g/mol. The highest BCUT2D eigenvalue weighted by molar-refractivity contribution is 5.38. The Balaban J connectivity index is 1.51. The number of fused-ring (bicyclic) bond motifs is 1. The van der Waals surface area contributed by atoms with Gasteiger partial charge in [-0.25, -0.2) is 4.39 Å². The molecular weight excluding hydrogens is 253 g/mol. The van der Waals surface area contributed by atoms with E-state index in [0.717, 1.165) is 30.8 Å². The van der Waals surface area contributed by atoms with Crippen LogP contribution in [0.5, 0.6) is 5.75 Å². The highest BCUT2D eigenvalue weighted by atomic mass is 19.1. The molecular formula is C17H18FNO. The number of nitrogens with one attached hydrogen (secondary N) is 1. The topological polar surface area (TPSA) is 21.3 Å². The van der Waals surface area contributed by atoms with Gasteiger partial charge in [0.05, 0.1) is 0 Å². The van der Waals surface area contributed by atoms with E-state index in [0.29, 0.717) is 0 Å². The average molecular weight is 271 g/mol. The van der Waals surface area contributed by atoms with Gasteiger partial charge in [-0.3, -0.25) is 0 Å². The van der Waals surface area contributed by atoms with Gasteiger partial charge in [-0.1, -0.05) is 29.8 Å². The molecule has 2 nitrogen and oxygen atoms in total. The largest absolute Gasteiger partial charge is 0.488 e. The van der Waals surface area contributed by atoms with Gasteiger partial charge in [-0.2, -0.15) is 0 Å². The molecule has 0 amide bonds. The Kier molecular flexibility index (Phi) is 3.70. The van der Waals surface area contributed by atoms with Gasteiger partial charge < -0.3 is 10.1 Å². The summed E-state index contributed by atoms with van der Waals surface area (Å²) in [6.45, 7) is 3.69. The molecule has 104 valence electrons. The SMILES string of the molecule is Cc1cccc(CNCC2Cc3cc(F)ccc3O2)c1. The first kappa shape index (κ1) is 13.1. The Morgan fingerprint density at radius 3 is 3.00 bits per heavy atom. The van der Waals surface area contributed by atoms with Gasteiger partial charge in [0.25, 0.3) is 0 Å². The summed E-state index contributed by atoms with van der Waals surface area (Å²) < 4.78 is 18.9. The fourth-order valence-corrected chi connectivity index (χ4v) is 2.60. The summed E-state index contributed by atoms with van der Waals surface area (Å²) in [5, 5.41) is 3.40. The number of benzene rings is 2. The summed E-state index contributed by atoms with van der Waals surface area (Å²) in [4.78, 5) is 0. The molecule has 0 bridgehead atoms. The number of hydrogen-bond acceptors (Lipinski definition) is 2. The standard InChI is InChI=1S/C17H18FNO/c1-12-3-2-4-13(7-12)10-19-11-16-9-14-8-15(18)5-6-17(14)20-16/h2-8,16,19H,9-11H2,1H3. The van der Waals surface area contributed by atoms with E-state index < -0.39 is 0 Å². The van der Waals surface area contributed by atoms with Crippen LogP contribution >= 0.6 is 0 Å². The van der Waals surface area contributed by atoms with E-state index >= 15 is 0 Å². The van der Waals surface area contributed by atoms with Crippen LogP contribution in [0.15, 0.2) is 42.5 Å². The first-order valence-electron chi connectivity index (χ1n) is 6.92. The van der Waals surface area contributed by atoms with E-state index in [4.69, 9.17) is 4.74 Å². The van der Waals surface area contributed by atoms with Crippen molar-refractivity contribution >= 4 is 0 Å². The Morgan fingerprint density at radius 2 is 2.15 bits per heavy atom. The molecule has 1 heterocycles. The number of hydrogen-bond donors (Lipinski definition) is 1. The third-order valence-corrected chi connectivity index (χ3v) is 3.55. The molecule has 3 heteroatoms. The second-order valence-corrected chi connectivity index (χ2v) is 5.32. The smallest absolute Gasteiger partial charge is 0.123 e. The molecule has 0 saturated heterocycles. The fraction of sp³-hybridized carbons (Fsp3) is 0.294. The van der Waals surface area contributed by atoms with Crippen molar-refractivity contribution in [2.24, 2.45) is 0 Å². The predicted octanol–water partition coefficient (Wildman–Crippen LogP) is 3.23. The summed E-state index contributed by atoms with van der Waals surface area (Å²) in [7, 11) is 0. The molecule has 0 fully saturated rings. The molecule has 1 aliphatic heterocycles. The molecule has 20 heavy (non-hydrogen) atoms. The lowest BCUT2D eigenvalue weighted by Gasteiger charge is -2.12. The minimum atomic E-state index is -0.194. The summed E-state index contributed by atoms with van der Waals surface area (Å²) in [5.41, 5.74) is 3.50. The van der Waals surface area contributed by atoms with E-state index in [-0.39, 0.29) is 11.9 Å². The molecule has 0 aromatic heterocycles. The number of rotatable bonds is 4. The Hall–Kier alpha value is -1.87. The van der Waals surface area contributed by atoms with Gasteiger partial charge in [0.15, 0.2) is 0 Å². The van der Waals surface area contributed by atoms with Crippen molar-refractivity contribution in [3.05, 3.63) is 65.0 Å². The lowest BCUT2D eigenvalue weighted by atomic mass is 10.1. The molecule has 3 rings (SSSR count). The highest BCUT2D eigenvalue weighted by Gasteiger charge is 2.22. The van der Waals surface area contributed by atoms with Crippen molar-refractivity contribution in [3.8, 4) is 5.75 Å². The van der Waals surface area contributed by atoms with Crippen LogP contribution in [0, 0.1) is 12.7 Å². The minimum absolute atomic E-state index is 0.0941. The van der Waals surface area contributed by atoms with Gasteiger partial charge in [0, 0.05) is 25.1 Å². The van der Waals surface area contributed by atoms with Gasteiger partial charge >= 0.3 is 0 Å². The third-order valence-electron chi connectivity index (χ3n) is 3.55. The van der Waals surface area contributed by atoms with Crippen LogP contribution < -0.4 is 10.1 Å². The van der Waals surface area contributed by atoms with E-state index in [1.165, 1.54) is 17.2 Å². The quantitative estimate of drug-likeness (QED) is 0.922. The fourth-order valence-electron chi connectivity index (χ4n) is 2.60. The molecule has 0 radical (unpaired) electrons. The van der Waals surface area contributed by atoms with Crippen LogP contribution in [0.3, 0.4) is 0 Å². The number of halogens is 1. The van der Waals surface area contributed by atoms with E-state index in [2.05, 4.69) is 36.5 Å². The third kappa shape index (κ3) is 2.99. The predicted molar refractivity (Wildman–Crippen MR) is 77.4 cm³/mol. The lowest BCUT2D eigenvalue weighted by Crippen LogP contribution is -2.29. The Labute approximate surface area is 118 Å². The molecule has 2 aromatic carbocycles. The zero-order valence-corrected chi connectivity index (χ0v) is 11.5. The van der Waals surface area contributed by atoms with Gasteiger partial charge in [-0.15, -0.1) is 0 Å². The van der Waals surface area contributed by atoms with Crippen LogP contribution in [-0.4, -0.2) is 12.6 Å². The maximum atomic E-state index is 13.1. The van der Waals surface area contributed by atoms with E-state index in [1.54, 1.807) is 12.1 Å². The van der Waals surface area contributed by atoms with Crippen molar-refractivity contribution in [2.45, 2.75) is 26.0 Å². The maximum absolute atomic E-state index is 13.1. The van der Waals surface area contributed by atoms with Crippen LogP contribution in [0.2, 0.25) is 0 Å². The minimum Gasteiger partial charge on any atom is -0.488 e. The zero-order chi connectivity index (χ0) is 13.9. The summed E-state index contributed by atoms with van der Waals surface area (Å²) >= 11 is 0. The van der Waals surface area contributed by atoms with Crippen molar-refractivity contribution in [1.82, 2.24) is 5.32 Å². The van der Waals surface area contributed by atoms with Crippen molar-refractivity contribution in [2.75, 3.05) is 6.54 Å². The molecule has 1 atom stereocenters. The second-order valence-electron chi connectivity index (χ2n) is 5.32. The maximum Gasteiger partial charge on any atom is 0.123 e. The van der Waals surface area contributed by atoms with Crippen molar-refractivity contribution in [1.29, 1.82) is 0 Å². The molecule has 2 aromatic rings. The first-order valence-corrected chi connectivity index (χ1v) is 6.92. The van der Waals surface area contributed by atoms with Crippen LogP contribution in [0.25, 0.3) is 0 Å². The normalized spacial score (nSPS) is 16.8. The molecule has 0 saturated carbocycles. The molecule has 0 aliphatic carbocycles. The summed E-state index contributed by atoms with van der Waals surface area (Å²) in [5.74, 6) is 0.620. The van der Waals surface area contributed by atoms with Crippen LogP contribution in [0.4, 0.5) is 4.39 Å². The second kappa shape index (κ2) is 5.63. The molecule has 1 aliphatic rings. The first-order chi connectivity index (χ1) is 9.70. The van der Waals surface area contributed by atoms with Crippen molar-refractivity contribution in [3.63, 3.8) is 0 Å². The molecule has 1 unspecified atom stereocenters. The lowest BCUT2D eigenvalue weighted by molar-refractivity contribution is 0.227. The number of aryl methyl sites for hydroxylation is 1. The van der Waals surface area contributed by atoms with E-state index in [1.807, 2.05) is 0 Å². The van der Waals surface area contributed by atoms with Crippen LogP contribution in [-0.2, 0) is 13.0 Å². The highest BCUT2D eigenvalue weighted by Crippen LogP contribution is 2.28. The van der Waals surface area contributed by atoms with Gasteiger partial charge in [0.1, 0.15) is 17.7 Å². The van der Waals surface area contributed by atoms with Gasteiger partial charge in [-0.05, 0) is 30.7 Å². The Bertz CT molecular complexity index is 612. The average Bonchev–Trinajstić information content (AvgIpc) is 2.80. The molecule has 1 N–H and O–H groups in total. The van der Waals surface area contributed by atoms with Crippen molar-refractivity contribution < 1.29 is 9.13 Å².